The number of pyridine rings is 1. The van der Waals surface area contributed by atoms with Crippen LogP contribution in [0.15, 0.2) is 48.8 Å². The van der Waals surface area contributed by atoms with E-state index in [-0.39, 0.29) is 18.9 Å². The number of anilines is 1. The summed E-state index contributed by atoms with van der Waals surface area (Å²) in [5, 5.41) is 14.9. The number of nitrogens with one attached hydrogen (secondary N) is 2. The number of hydrogen-bond donors (Lipinski definition) is 3. The van der Waals surface area contributed by atoms with Crippen LogP contribution in [0.2, 0.25) is 0 Å². The van der Waals surface area contributed by atoms with E-state index in [1.807, 2.05) is 0 Å². The topological polar surface area (TPSA) is 138 Å². The molecule has 2 heterocycles. The van der Waals surface area contributed by atoms with Gasteiger partial charge in [0.25, 0.3) is 5.91 Å². The Kier molecular flexibility index (Phi) is 8.25. The number of carbonyl (C=O) groups excluding carboxylic acids is 3. The molecule has 1 fully saturated rings. The fourth-order valence-electron chi connectivity index (χ4n) is 3.17. The molecule has 3 amide bonds. The highest BCUT2D eigenvalue weighted by Gasteiger charge is 2.37. The number of aliphatic carboxylic acids is 1. The lowest BCUT2D eigenvalue weighted by molar-refractivity contribution is -0.142. The molecule has 0 saturated carbocycles. The van der Waals surface area contributed by atoms with Gasteiger partial charge in [0.2, 0.25) is 5.91 Å². The first-order valence-corrected chi connectivity index (χ1v) is 11.4. The highest BCUT2D eigenvalue weighted by molar-refractivity contribution is 7.99. The molecule has 2 atom stereocenters. The number of carboxylic acid groups (broad SMARTS) is 1. The quantitative estimate of drug-likeness (QED) is 0.530. The van der Waals surface area contributed by atoms with Gasteiger partial charge in [-0.15, -0.1) is 11.8 Å². The third-order valence-corrected chi connectivity index (χ3v) is 5.89. The van der Waals surface area contributed by atoms with E-state index >= 15 is 0 Å². The highest BCUT2D eigenvalue weighted by Crippen LogP contribution is 2.22. The Balaban J connectivity index is 1.60. The third-order valence-electron chi connectivity index (χ3n) is 4.88. The van der Waals surface area contributed by atoms with Crippen molar-refractivity contribution in [2.24, 2.45) is 0 Å². The predicted molar refractivity (Wildman–Crippen MR) is 122 cm³/mol. The molecule has 10 nitrogen and oxygen atoms in total. The largest absolute Gasteiger partial charge is 0.480 e. The number of thioether (sulfide) groups is 1. The van der Waals surface area contributed by atoms with Gasteiger partial charge in [-0.3, -0.25) is 19.5 Å². The number of benzene rings is 1. The number of aromatic nitrogens is 1. The first-order valence-electron chi connectivity index (χ1n) is 10.2. The van der Waals surface area contributed by atoms with Gasteiger partial charge in [0.05, 0.1) is 18.0 Å². The van der Waals surface area contributed by atoms with Crippen LogP contribution in [0.25, 0.3) is 0 Å². The van der Waals surface area contributed by atoms with Crippen molar-refractivity contribution in [2.45, 2.75) is 25.4 Å². The third kappa shape index (κ3) is 6.45. The molecule has 11 heteroatoms. The Labute approximate surface area is 194 Å². The van der Waals surface area contributed by atoms with Crippen LogP contribution in [-0.2, 0) is 20.7 Å². The molecule has 1 aliphatic rings. The van der Waals surface area contributed by atoms with Crippen molar-refractivity contribution in [3.05, 3.63) is 59.9 Å². The van der Waals surface area contributed by atoms with Gasteiger partial charge in [0.1, 0.15) is 12.1 Å². The van der Waals surface area contributed by atoms with Crippen LogP contribution in [0, 0.1) is 0 Å². The summed E-state index contributed by atoms with van der Waals surface area (Å²) < 4.78 is 4.97. The number of carbonyl (C=O) groups is 4. The Morgan fingerprint density at radius 2 is 2.00 bits per heavy atom. The van der Waals surface area contributed by atoms with Crippen LogP contribution >= 0.6 is 11.8 Å². The summed E-state index contributed by atoms with van der Waals surface area (Å²) in [4.78, 5) is 53.9. The van der Waals surface area contributed by atoms with Crippen molar-refractivity contribution in [2.75, 3.05) is 23.6 Å². The maximum Gasteiger partial charge on any atom is 0.411 e. The molecule has 3 N–H and O–H groups in total. The van der Waals surface area contributed by atoms with Gasteiger partial charge in [0, 0.05) is 30.3 Å². The number of nitrogens with zero attached hydrogens (tertiary/aromatic N) is 2. The van der Waals surface area contributed by atoms with Crippen LogP contribution in [0.4, 0.5) is 10.5 Å². The Bertz CT molecular complexity index is 1000. The Morgan fingerprint density at radius 3 is 2.64 bits per heavy atom. The minimum absolute atomic E-state index is 0.0389. The number of ether oxygens (including phenoxy) is 1. The molecule has 0 unspecified atom stereocenters. The molecule has 0 spiro atoms. The van der Waals surface area contributed by atoms with E-state index in [2.05, 4.69) is 15.6 Å². The maximum absolute atomic E-state index is 12.7. The lowest BCUT2D eigenvalue weighted by Crippen LogP contribution is -2.52. The van der Waals surface area contributed by atoms with Crippen LogP contribution in [0.1, 0.15) is 22.8 Å². The average Bonchev–Trinajstić information content (AvgIpc) is 3.31. The van der Waals surface area contributed by atoms with Crippen molar-refractivity contribution >= 4 is 41.3 Å². The van der Waals surface area contributed by atoms with Gasteiger partial charge < -0.3 is 20.5 Å². The molecular weight excluding hydrogens is 448 g/mol. The van der Waals surface area contributed by atoms with Gasteiger partial charge in [-0.1, -0.05) is 12.1 Å². The fourth-order valence-corrected chi connectivity index (χ4v) is 4.32. The second-order valence-electron chi connectivity index (χ2n) is 7.18. The van der Waals surface area contributed by atoms with Crippen molar-refractivity contribution in [1.29, 1.82) is 0 Å². The van der Waals surface area contributed by atoms with Crippen LogP contribution in [0.5, 0.6) is 0 Å². The van der Waals surface area contributed by atoms with E-state index in [9.17, 15) is 24.3 Å². The molecule has 2 aromatic rings. The lowest BCUT2D eigenvalue weighted by Gasteiger charge is -2.24. The molecule has 174 valence electrons. The smallest absolute Gasteiger partial charge is 0.411 e. The molecule has 1 aromatic heterocycles. The summed E-state index contributed by atoms with van der Waals surface area (Å²) in [6.45, 7) is 1.86. The van der Waals surface area contributed by atoms with E-state index in [0.717, 1.165) is 0 Å². The van der Waals surface area contributed by atoms with Gasteiger partial charge in [-0.25, -0.2) is 9.59 Å². The van der Waals surface area contributed by atoms with Gasteiger partial charge >= 0.3 is 12.1 Å². The monoisotopic (exact) mass is 472 g/mol. The summed E-state index contributed by atoms with van der Waals surface area (Å²) in [5.41, 5.74) is 1.61. The number of carboxylic acids is 1. The zero-order valence-corrected chi connectivity index (χ0v) is 18.7. The second-order valence-corrected chi connectivity index (χ2v) is 8.18. The van der Waals surface area contributed by atoms with E-state index < -0.39 is 30.1 Å². The van der Waals surface area contributed by atoms with Gasteiger partial charge in [-0.2, -0.15) is 0 Å². The van der Waals surface area contributed by atoms with E-state index in [4.69, 9.17) is 4.74 Å². The molecule has 0 bridgehead atoms. The van der Waals surface area contributed by atoms with E-state index in [0.29, 0.717) is 28.4 Å². The first-order chi connectivity index (χ1) is 15.9. The Morgan fingerprint density at radius 1 is 1.24 bits per heavy atom. The Hall–Kier alpha value is -3.60. The van der Waals surface area contributed by atoms with Gasteiger partial charge in [0.15, 0.2) is 0 Å². The van der Waals surface area contributed by atoms with Crippen LogP contribution in [0.3, 0.4) is 0 Å². The zero-order valence-electron chi connectivity index (χ0n) is 17.9. The predicted octanol–water partition coefficient (Wildman–Crippen LogP) is 1.98. The van der Waals surface area contributed by atoms with Crippen molar-refractivity contribution < 1.29 is 29.0 Å². The number of hydrogen-bond acceptors (Lipinski definition) is 7. The van der Waals surface area contributed by atoms with Crippen LogP contribution < -0.4 is 10.6 Å². The minimum atomic E-state index is -1.19. The normalized spacial score (nSPS) is 16.0. The standard InChI is InChI=1S/C22H24N4O6S/c1-2-32-22(31)26-13-33-12-18(26)20(28)25-17(21(29)30)10-14-5-7-16(8-6-14)24-19(27)15-4-3-9-23-11-15/h3-9,11,17-18H,2,10,12-13H2,1H3,(H,24,27)(H,25,28)(H,29,30)/t17-,18+/m0/s1. The highest BCUT2D eigenvalue weighted by atomic mass is 32.2. The first kappa shape index (κ1) is 24.1. The average molecular weight is 473 g/mol. The summed E-state index contributed by atoms with van der Waals surface area (Å²) in [7, 11) is 0. The fraction of sp³-hybridized carbons (Fsp3) is 0.318. The second kappa shape index (κ2) is 11.3. The molecule has 0 aliphatic carbocycles. The molecular formula is C22H24N4O6S. The minimum Gasteiger partial charge on any atom is -0.480 e. The number of rotatable bonds is 8. The summed E-state index contributed by atoms with van der Waals surface area (Å²) in [6.07, 6.45) is 2.47. The molecule has 1 aromatic carbocycles. The van der Waals surface area contributed by atoms with Crippen molar-refractivity contribution in [3.63, 3.8) is 0 Å². The summed E-state index contributed by atoms with van der Waals surface area (Å²) in [6, 6.07) is 8.00. The SMILES string of the molecule is CCOC(=O)N1CSC[C@@H]1C(=O)N[C@@H](Cc1ccc(NC(=O)c2cccnc2)cc1)C(=O)O. The molecule has 33 heavy (non-hydrogen) atoms. The summed E-state index contributed by atoms with van der Waals surface area (Å²) >= 11 is 1.40. The zero-order chi connectivity index (χ0) is 23.8. The van der Waals surface area contributed by atoms with Crippen molar-refractivity contribution in [3.8, 4) is 0 Å². The summed E-state index contributed by atoms with van der Waals surface area (Å²) in [5.74, 6) is -1.37. The number of amides is 3. The molecule has 3 rings (SSSR count). The van der Waals surface area contributed by atoms with Crippen LogP contribution in [-0.4, -0.2) is 69.2 Å². The van der Waals surface area contributed by atoms with E-state index in [1.165, 1.54) is 22.9 Å². The van der Waals surface area contributed by atoms with E-state index in [1.54, 1.807) is 49.5 Å². The van der Waals surface area contributed by atoms with Crippen molar-refractivity contribution in [1.82, 2.24) is 15.2 Å². The maximum atomic E-state index is 12.7. The molecule has 1 saturated heterocycles. The molecule has 0 radical (unpaired) electrons. The van der Waals surface area contributed by atoms with Gasteiger partial charge in [-0.05, 0) is 36.8 Å². The lowest BCUT2D eigenvalue weighted by atomic mass is 10.0. The molecule has 1 aliphatic heterocycles.